The van der Waals surface area contributed by atoms with Crippen LogP contribution in [0.25, 0.3) is 0 Å². The van der Waals surface area contributed by atoms with Gasteiger partial charge in [-0.15, -0.1) is 0 Å². The zero-order valence-corrected chi connectivity index (χ0v) is 25.4. The lowest BCUT2D eigenvalue weighted by Crippen LogP contribution is -2.54. The molecule has 1 N–H and O–H groups in total. The van der Waals surface area contributed by atoms with E-state index in [0.717, 1.165) is 43.6 Å². The number of urea groups is 1. The van der Waals surface area contributed by atoms with Crippen molar-refractivity contribution >= 4 is 35.3 Å². The molecular formula is C31H40Cl2N4O4. The van der Waals surface area contributed by atoms with Crippen LogP contribution in [0.3, 0.4) is 0 Å². The molecule has 0 saturated carbocycles. The van der Waals surface area contributed by atoms with Crippen LogP contribution in [-0.4, -0.2) is 84.8 Å². The zero-order valence-electron chi connectivity index (χ0n) is 23.9. The van der Waals surface area contributed by atoms with Gasteiger partial charge in [0.2, 0.25) is 0 Å². The topological polar surface area (TPSA) is 74.3 Å². The molecule has 222 valence electrons. The van der Waals surface area contributed by atoms with Gasteiger partial charge in [0.25, 0.3) is 0 Å². The molecule has 3 aliphatic heterocycles. The second kappa shape index (κ2) is 12.8. The van der Waals surface area contributed by atoms with Crippen molar-refractivity contribution in [2.24, 2.45) is 5.92 Å². The number of nitrogens with one attached hydrogen (secondary N) is 1. The summed E-state index contributed by atoms with van der Waals surface area (Å²) >= 11 is 12.6. The molecule has 0 aromatic heterocycles. The SMILES string of the molecule is CC(C)COC(=O)N1CCC(OCCN2CCC3(CC2)CNC(=O)N3Cc2ccccc2)(c2ccc(Cl)c(Cl)c2)C1. The highest BCUT2D eigenvalue weighted by Crippen LogP contribution is 2.39. The Labute approximate surface area is 252 Å². The molecule has 1 spiro atoms. The molecule has 8 nitrogen and oxygen atoms in total. The van der Waals surface area contributed by atoms with Gasteiger partial charge in [-0.05, 0) is 42.0 Å². The molecule has 5 rings (SSSR count). The second-order valence-corrected chi connectivity index (χ2v) is 12.7. The van der Waals surface area contributed by atoms with E-state index in [2.05, 4.69) is 22.3 Å². The Morgan fingerprint density at radius 2 is 1.78 bits per heavy atom. The van der Waals surface area contributed by atoms with Crippen molar-refractivity contribution in [2.75, 3.05) is 52.5 Å². The number of ether oxygens (including phenoxy) is 2. The van der Waals surface area contributed by atoms with Crippen molar-refractivity contribution in [3.8, 4) is 0 Å². The maximum atomic E-state index is 12.8. The zero-order chi connectivity index (χ0) is 29.0. The largest absolute Gasteiger partial charge is 0.449 e. The molecule has 3 saturated heterocycles. The van der Waals surface area contributed by atoms with E-state index in [1.54, 1.807) is 11.0 Å². The number of carbonyl (C=O) groups excluding carboxylic acids is 2. The van der Waals surface area contributed by atoms with E-state index >= 15 is 0 Å². The maximum absolute atomic E-state index is 12.8. The molecule has 10 heteroatoms. The monoisotopic (exact) mass is 602 g/mol. The Morgan fingerprint density at radius 3 is 2.49 bits per heavy atom. The summed E-state index contributed by atoms with van der Waals surface area (Å²) in [5.74, 6) is 0.268. The van der Waals surface area contributed by atoms with E-state index in [1.165, 1.54) is 0 Å². The number of rotatable bonds is 9. The average molecular weight is 604 g/mol. The van der Waals surface area contributed by atoms with Gasteiger partial charge < -0.3 is 29.5 Å². The number of hydrogen-bond donors (Lipinski definition) is 1. The fourth-order valence-corrected chi connectivity index (χ4v) is 6.44. The Bertz CT molecular complexity index is 1220. The molecule has 41 heavy (non-hydrogen) atoms. The van der Waals surface area contributed by atoms with Crippen molar-refractivity contribution in [3.63, 3.8) is 0 Å². The van der Waals surface area contributed by atoms with Crippen molar-refractivity contribution in [1.29, 1.82) is 0 Å². The van der Waals surface area contributed by atoms with Gasteiger partial charge in [0.1, 0.15) is 5.60 Å². The first kappa shape index (κ1) is 30.0. The number of benzene rings is 2. The van der Waals surface area contributed by atoms with Gasteiger partial charge in [0.05, 0.1) is 35.3 Å². The summed E-state index contributed by atoms with van der Waals surface area (Å²) in [4.78, 5) is 31.7. The van der Waals surface area contributed by atoms with Gasteiger partial charge in [-0.2, -0.15) is 0 Å². The third-order valence-electron chi connectivity index (χ3n) is 8.62. The summed E-state index contributed by atoms with van der Waals surface area (Å²) in [7, 11) is 0. The molecule has 3 fully saturated rings. The maximum Gasteiger partial charge on any atom is 0.409 e. The number of amides is 3. The van der Waals surface area contributed by atoms with Crippen molar-refractivity contribution in [1.82, 2.24) is 20.0 Å². The highest BCUT2D eigenvalue weighted by molar-refractivity contribution is 6.42. The lowest BCUT2D eigenvalue weighted by Gasteiger charge is -2.44. The lowest BCUT2D eigenvalue weighted by molar-refractivity contribution is -0.0537. The number of nitrogens with zero attached hydrogens (tertiary/aromatic N) is 3. The van der Waals surface area contributed by atoms with E-state index in [-0.39, 0.29) is 23.6 Å². The van der Waals surface area contributed by atoms with Crippen LogP contribution in [0.15, 0.2) is 48.5 Å². The van der Waals surface area contributed by atoms with Gasteiger partial charge in [-0.25, -0.2) is 9.59 Å². The van der Waals surface area contributed by atoms with Crippen LogP contribution in [0.5, 0.6) is 0 Å². The smallest absolute Gasteiger partial charge is 0.409 e. The summed E-state index contributed by atoms with van der Waals surface area (Å²) in [6.07, 6.45) is 2.15. The van der Waals surface area contributed by atoms with E-state index in [1.807, 2.05) is 49.1 Å². The Hall–Kier alpha value is -2.52. The molecule has 3 aliphatic rings. The lowest BCUT2D eigenvalue weighted by atomic mass is 9.86. The molecule has 3 heterocycles. The van der Waals surface area contributed by atoms with Crippen LogP contribution in [0.1, 0.15) is 44.2 Å². The van der Waals surface area contributed by atoms with E-state index in [4.69, 9.17) is 32.7 Å². The Morgan fingerprint density at radius 1 is 1.02 bits per heavy atom. The Kier molecular flexibility index (Phi) is 9.33. The number of hydrogen-bond acceptors (Lipinski definition) is 5. The van der Waals surface area contributed by atoms with E-state index < -0.39 is 5.60 Å². The first-order valence-corrected chi connectivity index (χ1v) is 15.3. The Balaban J connectivity index is 1.20. The normalized spacial score (nSPS) is 22.5. The number of likely N-dealkylation sites (tertiary alicyclic amines) is 2. The summed E-state index contributed by atoms with van der Waals surface area (Å²) in [6, 6.07) is 15.8. The van der Waals surface area contributed by atoms with Crippen LogP contribution in [0.4, 0.5) is 9.59 Å². The van der Waals surface area contributed by atoms with Crippen molar-refractivity contribution in [2.45, 2.75) is 50.8 Å². The molecule has 2 aromatic rings. The fourth-order valence-electron chi connectivity index (χ4n) is 6.14. The standard InChI is InChI=1S/C31H40Cl2N4O4/c1-23(2)20-40-29(39)36-15-12-31(22-36,25-8-9-26(32)27(33)18-25)41-17-16-35-13-10-30(11-14-35)21-34-28(38)37(30)19-24-6-4-3-5-7-24/h3-9,18,23H,10-17,19-22H2,1-2H3,(H,34,38). The second-order valence-electron chi connectivity index (χ2n) is 11.9. The molecular weight excluding hydrogens is 563 g/mol. The number of carbonyl (C=O) groups is 2. The van der Waals surface area contributed by atoms with Crippen LogP contribution in [0.2, 0.25) is 10.0 Å². The quantitative estimate of drug-likeness (QED) is 0.395. The molecule has 1 atom stereocenters. The van der Waals surface area contributed by atoms with E-state index in [0.29, 0.717) is 55.9 Å². The first-order chi connectivity index (χ1) is 19.7. The summed E-state index contributed by atoms with van der Waals surface area (Å²) in [5.41, 5.74) is 1.21. The highest BCUT2D eigenvalue weighted by Gasteiger charge is 2.47. The average Bonchev–Trinajstić information content (AvgIpc) is 3.53. The fraction of sp³-hybridized carbons (Fsp3) is 0.548. The minimum Gasteiger partial charge on any atom is -0.449 e. The van der Waals surface area contributed by atoms with Crippen molar-refractivity contribution in [3.05, 3.63) is 69.7 Å². The van der Waals surface area contributed by atoms with Gasteiger partial charge in [0.15, 0.2) is 0 Å². The van der Waals surface area contributed by atoms with Gasteiger partial charge >= 0.3 is 12.1 Å². The van der Waals surface area contributed by atoms with Gasteiger partial charge in [-0.3, -0.25) is 0 Å². The number of piperidine rings is 1. The van der Waals surface area contributed by atoms with Crippen LogP contribution >= 0.6 is 23.2 Å². The molecule has 0 aliphatic carbocycles. The van der Waals surface area contributed by atoms with Gasteiger partial charge in [0, 0.05) is 45.7 Å². The van der Waals surface area contributed by atoms with Crippen LogP contribution < -0.4 is 5.32 Å². The third-order valence-corrected chi connectivity index (χ3v) is 9.36. The minimum absolute atomic E-state index is 0.0203. The predicted molar refractivity (Wildman–Crippen MR) is 160 cm³/mol. The summed E-state index contributed by atoms with van der Waals surface area (Å²) in [5, 5.41) is 4.04. The molecule has 1 unspecified atom stereocenters. The molecule has 3 amide bonds. The third kappa shape index (κ3) is 6.77. The van der Waals surface area contributed by atoms with E-state index in [9.17, 15) is 9.59 Å². The first-order valence-electron chi connectivity index (χ1n) is 14.5. The predicted octanol–water partition coefficient (Wildman–Crippen LogP) is 5.76. The van der Waals surface area contributed by atoms with Crippen LogP contribution in [-0.2, 0) is 21.6 Å². The molecule has 0 radical (unpaired) electrons. The minimum atomic E-state index is -0.684. The molecule has 0 bridgehead atoms. The number of halogens is 2. The molecule has 2 aromatic carbocycles. The van der Waals surface area contributed by atoms with Crippen molar-refractivity contribution < 1.29 is 19.1 Å². The summed E-state index contributed by atoms with van der Waals surface area (Å²) < 4.78 is 12.1. The van der Waals surface area contributed by atoms with Gasteiger partial charge in [-0.1, -0.05) is 73.4 Å². The highest BCUT2D eigenvalue weighted by atomic mass is 35.5. The summed E-state index contributed by atoms with van der Waals surface area (Å²) in [6.45, 7) is 9.71. The van der Waals surface area contributed by atoms with Crippen LogP contribution in [0, 0.1) is 5.92 Å².